The molecular formula is C21H24N2O6S. The molecule has 2 aromatic carbocycles. The van der Waals surface area contributed by atoms with E-state index in [9.17, 15) is 13.2 Å². The zero-order valence-electron chi connectivity index (χ0n) is 16.8. The van der Waals surface area contributed by atoms with Gasteiger partial charge in [-0.3, -0.25) is 9.52 Å². The predicted molar refractivity (Wildman–Crippen MR) is 111 cm³/mol. The molecule has 1 fully saturated rings. The molecule has 2 aliphatic rings. The third kappa shape index (κ3) is 4.22. The van der Waals surface area contributed by atoms with Crippen LogP contribution in [0.15, 0.2) is 47.4 Å². The van der Waals surface area contributed by atoms with Crippen LogP contribution in [0, 0.1) is 0 Å². The number of nitrogens with one attached hydrogen (secondary N) is 1. The highest BCUT2D eigenvalue weighted by molar-refractivity contribution is 7.92. The first-order valence-corrected chi connectivity index (χ1v) is 11.3. The van der Waals surface area contributed by atoms with Gasteiger partial charge in [0.05, 0.1) is 28.4 Å². The van der Waals surface area contributed by atoms with Gasteiger partial charge in [-0.2, -0.15) is 0 Å². The molecule has 1 N–H and O–H groups in total. The van der Waals surface area contributed by atoms with Crippen molar-refractivity contribution < 1.29 is 27.4 Å². The van der Waals surface area contributed by atoms with Gasteiger partial charge in [0.2, 0.25) is 0 Å². The molecule has 9 heteroatoms. The quantitative estimate of drug-likeness (QED) is 0.798. The fourth-order valence-corrected chi connectivity index (χ4v) is 4.76. The normalized spacial score (nSPS) is 21.2. The van der Waals surface area contributed by atoms with Crippen molar-refractivity contribution in [1.29, 1.82) is 0 Å². The molecule has 30 heavy (non-hydrogen) atoms. The minimum atomic E-state index is -3.94. The highest BCUT2D eigenvalue weighted by Crippen LogP contribution is 2.33. The van der Waals surface area contributed by atoms with E-state index in [-0.39, 0.29) is 28.7 Å². The van der Waals surface area contributed by atoms with E-state index in [0.29, 0.717) is 43.4 Å². The molecule has 0 aromatic heterocycles. The second kappa shape index (κ2) is 8.16. The summed E-state index contributed by atoms with van der Waals surface area (Å²) < 4.78 is 45.1. The molecule has 160 valence electrons. The van der Waals surface area contributed by atoms with Crippen LogP contribution in [0.2, 0.25) is 0 Å². The van der Waals surface area contributed by atoms with Crippen molar-refractivity contribution in [2.24, 2.45) is 0 Å². The molecule has 2 aliphatic heterocycles. The number of anilines is 1. The van der Waals surface area contributed by atoms with E-state index < -0.39 is 10.0 Å². The van der Waals surface area contributed by atoms with Gasteiger partial charge >= 0.3 is 0 Å². The molecule has 0 bridgehead atoms. The molecule has 2 heterocycles. The average Bonchev–Trinajstić information content (AvgIpc) is 2.72. The largest absolute Gasteiger partial charge is 0.486 e. The molecule has 4 rings (SSSR count). The number of ether oxygens (including phenoxy) is 3. The van der Waals surface area contributed by atoms with Crippen molar-refractivity contribution in [1.82, 2.24) is 4.90 Å². The van der Waals surface area contributed by atoms with Crippen LogP contribution in [-0.2, 0) is 14.8 Å². The molecule has 1 saturated heterocycles. The summed E-state index contributed by atoms with van der Waals surface area (Å²) >= 11 is 0. The Morgan fingerprint density at radius 2 is 1.67 bits per heavy atom. The lowest BCUT2D eigenvalue weighted by atomic mass is 10.1. The third-order valence-corrected chi connectivity index (χ3v) is 6.30. The zero-order chi connectivity index (χ0) is 21.3. The van der Waals surface area contributed by atoms with Crippen LogP contribution < -0.4 is 14.2 Å². The Balaban J connectivity index is 1.60. The van der Waals surface area contributed by atoms with Gasteiger partial charge in [-0.1, -0.05) is 12.1 Å². The zero-order valence-corrected chi connectivity index (χ0v) is 17.6. The van der Waals surface area contributed by atoms with Gasteiger partial charge in [0.1, 0.15) is 13.2 Å². The molecule has 0 saturated carbocycles. The number of hydrogen-bond acceptors (Lipinski definition) is 6. The maximum absolute atomic E-state index is 13.1. The molecule has 2 atom stereocenters. The molecule has 2 unspecified atom stereocenters. The van der Waals surface area contributed by atoms with Crippen LogP contribution in [0.3, 0.4) is 0 Å². The highest BCUT2D eigenvalue weighted by Gasteiger charge is 2.29. The number of amides is 1. The number of para-hydroxylation sites is 1. The molecule has 0 radical (unpaired) electrons. The lowest BCUT2D eigenvalue weighted by Gasteiger charge is -2.35. The number of carbonyl (C=O) groups is 1. The molecule has 2 aromatic rings. The van der Waals surface area contributed by atoms with Gasteiger partial charge in [-0.05, 0) is 38.1 Å². The number of morpholine rings is 1. The molecular weight excluding hydrogens is 408 g/mol. The van der Waals surface area contributed by atoms with E-state index in [1.54, 1.807) is 35.2 Å². The summed E-state index contributed by atoms with van der Waals surface area (Å²) in [5.41, 5.74) is 0.518. The molecule has 0 spiro atoms. The third-order valence-electron chi connectivity index (χ3n) is 4.93. The van der Waals surface area contributed by atoms with Gasteiger partial charge in [0, 0.05) is 19.2 Å². The first-order chi connectivity index (χ1) is 14.3. The summed E-state index contributed by atoms with van der Waals surface area (Å²) in [7, 11) is -3.94. The summed E-state index contributed by atoms with van der Waals surface area (Å²) in [4.78, 5) is 14.8. The summed E-state index contributed by atoms with van der Waals surface area (Å²) in [6.45, 7) is 5.50. The predicted octanol–water partition coefficient (Wildman–Crippen LogP) is 2.51. The smallest absolute Gasteiger partial charge is 0.262 e. The van der Waals surface area contributed by atoms with E-state index in [2.05, 4.69) is 4.72 Å². The molecule has 1 amide bonds. The van der Waals surface area contributed by atoms with E-state index >= 15 is 0 Å². The number of benzene rings is 2. The van der Waals surface area contributed by atoms with Gasteiger partial charge in [0.15, 0.2) is 11.5 Å². The minimum Gasteiger partial charge on any atom is -0.486 e. The lowest BCUT2D eigenvalue weighted by Crippen LogP contribution is -2.48. The van der Waals surface area contributed by atoms with Gasteiger partial charge in [0.25, 0.3) is 15.9 Å². The fraction of sp³-hybridized carbons (Fsp3) is 0.381. The van der Waals surface area contributed by atoms with Crippen LogP contribution in [0.5, 0.6) is 11.5 Å². The van der Waals surface area contributed by atoms with Crippen LogP contribution >= 0.6 is 0 Å². The van der Waals surface area contributed by atoms with Crippen LogP contribution in [0.4, 0.5) is 5.69 Å². The Bertz CT molecular complexity index is 1050. The second-order valence-corrected chi connectivity index (χ2v) is 9.11. The summed E-state index contributed by atoms with van der Waals surface area (Å²) in [6.07, 6.45) is -0.168. The minimum absolute atomic E-state index is 0.0302. The Hall–Kier alpha value is -2.78. The van der Waals surface area contributed by atoms with Crippen molar-refractivity contribution in [2.75, 3.05) is 31.0 Å². The maximum atomic E-state index is 13.1. The van der Waals surface area contributed by atoms with Crippen molar-refractivity contribution in [3.8, 4) is 11.5 Å². The summed E-state index contributed by atoms with van der Waals surface area (Å²) in [5, 5.41) is 0. The van der Waals surface area contributed by atoms with Gasteiger partial charge in [-0.15, -0.1) is 0 Å². The number of hydrogen-bond donors (Lipinski definition) is 1. The van der Waals surface area contributed by atoms with Gasteiger partial charge in [-0.25, -0.2) is 8.42 Å². The highest BCUT2D eigenvalue weighted by atomic mass is 32.2. The number of rotatable bonds is 4. The first kappa shape index (κ1) is 20.5. The topological polar surface area (TPSA) is 94.2 Å². The summed E-state index contributed by atoms with van der Waals surface area (Å²) in [6, 6.07) is 11.0. The fourth-order valence-electron chi connectivity index (χ4n) is 3.67. The lowest BCUT2D eigenvalue weighted by molar-refractivity contribution is -0.0585. The van der Waals surface area contributed by atoms with Crippen LogP contribution in [0.25, 0.3) is 0 Å². The first-order valence-electron chi connectivity index (χ1n) is 9.80. The van der Waals surface area contributed by atoms with Crippen molar-refractivity contribution >= 4 is 21.6 Å². The molecule has 0 aliphatic carbocycles. The van der Waals surface area contributed by atoms with E-state index in [0.717, 1.165) is 0 Å². The average molecular weight is 432 g/mol. The Labute approximate surface area is 175 Å². The van der Waals surface area contributed by atoms with Crippen molar-refractivity contribution in [3.63, 3.8) is 0 Å². The SMILES string of the molecule is CC1CN(C(=O)c2ccccc2NS(=O)(=O)c2ccc3c(c2)OCCO3)CC(C)O1. The Morgan fingerprint density at radius 3 is 2.40 bits per heavy atom. The van der Waals surface area contributed by atoms with Crippen molar-refractivity contribution in [3.05, 3.63) is 48.0 Å². The van der Waals surface area contributed by atoms with E-state index in [1.165, 1.54) is 12.1 Å². The summed E-state index contributed by atoms with van der Waals surface area (Å²) in [5.74, 6) is 0.647. The number of nitrogens with zero attached hydrogens (tertiary/aromatic N) is 1. The Morgan fingerprint density at radius 1 is 1.00 bits per heavy atom. The number of carbonyl (C=O) groups excluding carboxylic acids is 1. The maximum Gasteiger partial charge on any atom is 0.262 e. The van der Waals surface area contributed by atoms with Crippen molar-refractivity contribution in [2.45, 2.75) is 31.0 Å². The monoisotopic (exact) mass is 432 g/mol. The van der Waals surface area contributed by atoms with E-state index in [4.69, 9.17) is 14.2 Å². The second-order valence-electron chi connectivity index (χ2n) is 7.42. The number of sulfonamides is 1. The van der Waals surface area contributed by atoms with Gasteiger partial charge < -0.3 is 19.1 Å². The van der Waals surface area contributed by atoms with Crippen LogP contribution in [-0.4, -0.2) is 57.7 Å². The molecule has 8 nitrogen and oxygen atoms in total. The number of fused-ring (bicyclic) bond motifs is 1. The van der Waals surface area contributed by atoms with Crippen LogP contribution in [0.1, 0.15) is 24.2 Å². The Kier molecular flexibility index (Phi) is 5.57. The van der Waals surface area contributed by atoms with E-state index in [1.807, 2.05) is 13.8 Å². The standard InChI is InChI=1S/C21H24N2O6S/c1-14-12-23(13-15(2)29-14)21(24)17-5-3-4-6-18(17)22-30(25,26)16-7-8-19-20(11-16)28-10-9-27-19/h3-8,11,14-15,22H,9-10,12-13H2,1-2H3.